The van der Waals surface area contributed by atoms with Crippen LogP contribution in [0, 0.1) is 18.8 Å². The molecule has 0 atom stereocenters. The second kappa shape index (κ2) is 5.92. The van der Waals surface area contributed by atoms with Crippen molar-refractivity contribution in [2.75, 3.05) is 26.0 Å². The first-order chi connectivity index (χ1) is 8.04. The van der Waals surface area contributed by atoms with Crippen LogP contribution < -0.4 is 11.1 Å². The number of nitrogens with one attached hydrogen (secondary N) is 1. The zero-order valence-corrected chi connectivity index (χ0v) is 10.4. The van der Waals surface area contributed by atoms with Gasteiger partial charge < -0.3 is 16.0 Å². The molecule has 0 unspecified atom stereocenters. The number of rotatable bonds is 1. The van der Waals surface area contributed by atoms with Gasteiger partial charge in [-0.3, -0.25) is 0 Å². The van der Waals surface area contributed by atoms with Crippen LogP contribution in [0.1, 0.15) is 11.1 Å². The van der Waals surface area contributed by atoms with Gasteiger partial charge in [0.2, 0.25) is 0 Å². The van der Waals surface area contributed by atoms with Crippen LogP contribution in [0.5, 0.6) is 0 Å². The van der Waals surface area contributed by atoms with Gasteiger partial charge in [0.15, 0.2) is 0 Å². The molecule has 0 heterocycles. The third kappa shape index (κ3) is 3.82. The minimum atomic E-state index is -0.156. The van der Waals surface area contributed by atoms with E-state index in [4.69, 9.17) is 5.73 Å². The lowest BCUT2D eigenvalue weighted by molar-refractivity contribution is 0.230. The summed E-state index contributed by atoms with van der Waals surface area (Å²) in [5.41, 5.74) is 7.93. The van der Waals surface area contributed by atoms with Crippen LogP contribution in [0.25, 0.3) is 0 Å². The van der Waals surface area contributed by atoms with Gasteiger partial charge in [-0.1, -0.05) is 17.9 Å². The third-order valence-electron chi connectivity index (χ3n) is 2.22. The standard InChI is InChI=1S/C13H17N3O/c1-10-6-7-11(5-4-8-14)9-12(10)15-13(17)16(2)3/h6-7,9H,8,14H2,1-3H3,(H,15,17). The maximum absolute atomic E-state index is 11.5. The number of urea groups is 1. The van der Waals surface area contributed by atoms with Crippen LogP contribution in [0.4, 0.5) is 10.5 Å². The van der Waals surface area contributed by atoms with E-state index in [2.05, 4.69) is 17.2 Å². The highest BCUT2D eigenvalue weighted by atomic mass is 16.2. The van der Waals surface area contributed by atoms with Crippen LogP contribution >= 0.6 is 0 Å². The topological polar surface area (TPSA) is 58.4 Å². The average Bonchev–Trinajstić information content (AvgIpc) is 2.29. The van der Waals surface area contributed by atoms with E-state index >= 15 is 0 Å². The minimum Gasteiger partial charge on any atom is -0.331 e. The first kappa shape index (κ1) is 13.1. The SMILES string of the molecule is Cc1ccc(C#CCN)cc1NC(=O)N(C)C. The summed E-state index contributed by atoms with van der Waals surface area (Å²) in [5, 5.41) is 2.81. The van der Waals surface area contributed by atoms with Gasteiger partial charge in [0, 0.05) is 25.3 Å². The summed E-state index contributed by atoms with van der Waals surface area (Å²) in [4.78, 5) is 13.0. The molecule has 4 heteroatoms. The second-order valence-corrected chi connectivity index (χ2v) is 3.86. The molecule has 0 spiro atoms. The van der Waals surface area contributed by atoms with E-state index in [0.29, 0.717) is 6.54 Å². The van der Waals surface area contributed by atoms with E-state index in [1.165, 1.54) is 4.90 Å². The molecule has 0 radical (unpaired) electrons. The van der Waals surface area contributed by atoms with Crippen molar-refractivity contribution in [3.8, 4) is 11.8 Å². The van der Waals surface area contributed by atoms with E-state index in [1.807, 2.05) is 25.1 Å². The molecule has 17 heavy (non-hydrogen) atoms. The Kier molecular flexibility index (Phi) is 4.56. The number of nitrogens with two attached hydrogens (primary N) is 1. The van der Waals surface area contributed by atoms with Crippen molar-refractivity contribution in [1.82, 2.24) is 4.90 Å². The molecule has 0 aliphatic rings. The van der Waals surface area contributed by atoms with Crippen LogP contribution in [0.2, 0.25) is 0 Å². The Hall–Kier alpha value is -1.99. The molecule has 90 valence electrons. The first-order valence-electron chi connectivity index (χ1n) is 5.32. The minimum absolute atomic E-state index is 0.156. The van der Waals surface area contributed by atoms with Gasteiger partial charge in [-0.15, -0.1) is 0 Å². The fourth-order valence-electron chi connectivity index (χ4n) is 1.21. The quantitative estimate of drug-likeness (QED) is 0.718. The normalized spacial score (nSPS) is 9.18. The smallest absolute Gasteiger partial charge is 0.321 e. The lowest BCUT2D eigenvalue weighted by Gasteiger charge is -2.13. The largest absolute Gasteiger partial charge is 0.331 e. The zero-order valence-electron chi connectivity index (χ0n) is 10.4. The molecule has 0 fully saturated rings. The van der Waals surface area contributed by atoms with Gasteiger partial charge in [-0.2, -0.15) is 0 Å². The Balaban J connectivity index is 2.94. The lowest BCUT2D eigenvalue weighted by atomic mass is 10.1. The Morgan fingerprint density at radius 1 is 1.47 bits per heavy atom. The number of amides is 2. The summed E-state index contributed by atoms with van der Waals surface area (Å²) in [6, 6.07) is 5.52. The van der Waals surface area contributed by atoms with Crippen molar-refractivity contribution < 1.29 is 4.79 Å². The van der Waals surface area contributed by atoms with Crippen LogP contribution in [-0.4, -0.2) is 31.6 Å². The monoisotopic (exact) mass is 231 g/mol. The van der Waals surface area contributed by atoms with Gasteiger partial charge in [-0.05, 0) is 24.6 Å². The number of nitrogens with zero attached hydrogens (tertiary/aromatic N) is 1. The molecule has 0 saturated heterocycles. The number of hydrogen-bond acceptors (Lipinski definition) is 2. The highest BCUT2D eigenvalue weighted by Crippen LogP contribution is 2.16. The Bertz CT molecular complexity index is 469. The van der Waals surface area contributed by atoms with Crippen molar-refractivity contribution in [3.63, 3.8) is 0 Å². The predicted octanol–water partition coefficient (Wildman–Crippen LogP) is 1.40. The van der Waals surface area contributed by atoms with Crippen molar-refractivity contribution in [1.29, 1.82) is 0 Å². The summed E-state index contributed by atoms with van der Waals surface area (Å²) in [7, 11) is 3.39. The number of carbonyl (C=O) groups excluding carboxylic acids is 1. The predicted molar refractivity (Wildman–Crippen MR) is 69.8 cm³/mol. The molecule has 2 amide bonds. The Morgan fingerprint density at radius 3 is 2.76 bits per heavy atom. The summed E-state index contributed by atoms with van der Waals surface area (Å²) in [6.45, 7) is 2.26. The molecule has 3 N–H and O–H groups in total. The molecule has 1 rings (SSSR count). The van der Waals surface area contributed by atoms with E-state index in [9.17, 15) is 4.79 Å². The summed E-state index contributed by atoms with van der Waals surface area (Å²) >= 11 is 0. The molecule has 1 aromatic carbocycles. The maximum Gasteiger partial charge on any atom is 0.321 e. The van der Waals surface area contributed by atoms with Crippen LogP contribution in [-0.2, 0) is 0 Å². The summed E-state index contributed by atoms with van der Waals surface area (Å²) in [6.07, 6.45) is 0. The molecule has 1 aromatic rings. The summed E-state index contributed by atoms with van der Waals surface area (Å²) < 4.78 is 0. The number of carbonyl (C=O) groups is 1. The summed E-state index contributed by atoms with van der Waals surface area (Å²) in [5.74, 6) is 5.72. The van der Waals surface area contributed by atoms with Gasteiger partial charge in [0.25, 0.3) is 0 Å². The second-order valence-electron chi connectivity index (χ2n) is 3.86. The highest BCUT2D eigenvalue weighted by Gasteiger charge is 2.06. The lowest BCUT2D eigenvalue weighted by Crippen LogP contribution is -2.27. The number of benzene rings is 1. The van der Waals surface area contributed by atoms with E-state index in [-0.39, 0.29) is 6.03 Å². The van der Waals surface area contributed by atoms with E-state index in [0.717, 1.165) is 16.8 Å². The molecule has 0 aromatic heterocycles. The Labute approximate surface area is 102 Å². The van der Waals surface area contributed by atoms with Gasteiger partial charge in [0.1, 0.15) is 0 Å². The molecule has 0 saturated carbocycles. The molecular formula is C13H17N3O. The maximum atomic E-state index is 11.5. The highest BCUT2D eigenvalue weighted by molar-refractivity contribution is 5.90. The van der Waals surface area contributed by atoms with Gasteiger partial charge in [-0.25, -0.2) is 4.79 Å². The van der Waals surface area contributed by atoms with Crippen molar-refractivity contribution in [2.45, 2.75) is 6.92 Å². The fourth-order valence-corrected chi connectivity index (χ4v) is 1.21. The van der Waals surface area contributed by atoms with Gasteiger partial charge >= 0.3 is 6.03 Å². The average molecular weight is 231 g/mol. The molecule has 0 aliphatic heterocycles. The van der Waals surface area contributed by atoms with Crippen molar-refractivity contribution in [3.05, 3.63) is 29.3 Å². The number of hydrogen-bond donors (Lipinski definition) is 2. The van der Waals surface area contributed by atoms with Crippen molar-refractivity contribution in [2.24, 2.45) is 5.73 Å². The molecule has 0 bridgehead atoms. The number of anilines is 1. The fraction of sp³-hybridized carbons (Fsp3) is 0.308. The first-order valence-corrected chi connectivity index (χ1v) is 5.32. The van der Waals surface area contributed by atoms with Gasteiger partial charge in [0.05, 0.1) is 6.54 Å². The molecular weight excluding hydrogens is 214 g/mol. The van der Waals surface area contributed by atoms with Crippen LogP contribution in [0.15, 0.2) is 18.2 Å². The zero-order chi connectivity index (χ0) is 12.8. The van der Waals surface area contributed by atoms with Crippen molar-refractivity contribution >= 4 is 11.7 Å². The van der Waals surface area contributed by atoms with Crippen LogP contribution in [0.3, 0.4) is 0 Å². The number of aryl methyl sites for hydroxylation is 1. The van der Waals surface area contributed by atoms with E-state index in [1.54, 1.807) is 14.1 Å². The van der Waals surface area contributed by atoms with E-state index < -0.39 is 0 Å². The third-order valence-corrected chi connectivity index (χ3v) is 2.22. The Morgan fingerprint density at radius 2 is 2.18 bits per heavy atom. The molecule has 0 aliphatic carbocycles. The molecule has 4 nitrogen and oxygen atoms in total.